The van der Waals surface area contributed by atoms with Crippen molar-refractivity contribution in [2.75, 3.05) is 26.6 Å². The summed E-state index contributed by atoms with van der Waals surface area (Å²) in [5, 5.41) is 12.5. The molecule has 2 aromatic carbocycles. The Bertz CT molecular complexity index is 730. The van der Waals surface area contributed by atoms with Crippen molar-refractivity contribution in [3.8, 4) is 23.0 Å². The molecule has 6 heteroatoms. The summed E-state index contributed by atoms with van der Waals surface area (Å²) >= 11 is 0. The molecule has 2 rings (SSSR count). The van der Waals surface area contributed by atoms with Crippen LogP contribution in [-0.4, -0.2) is 32.2 Å². The van der Waals surface area contributed by atoms with E-state index in [4.69, 9.17) is 14.2 Å². The van der Waals surface area contributed by atoms with Crippen molar-refractivity contribution in [2.45, 2.75) is 0 Å². The van der Waals surface area contributed by atoms with E-state index in [0.29, 0.717) is 22.9 Å². The third kappa shape index (κ3) is 3.78. The SMILES string of the molecule is COc1cc(OC)c(C(=O)/C=C\Nc2ccccc2O)c(OC)c1. The summed E-state index contributed by atoms with van der Waals surface area (Å²) in [6.45, 7) is 0. The number of hydrogen-bond acceptors (Lipinski definition) is 6. The van der Waals surface area contributed by atoms with Gasteiger partial charge in [-0.25, -0.2) is 0 Å². The number of aromatic hydroxyl groups is 1. The van der Waals surface area contributed by atoms with Gasteiger partial charge in [0.05, 0.1) is 27.0 Å². The van der Waals surface area contributed by atoms with Crippen LogP contribution in [-0.2, 0) is 0 Å². The number of ether oxygens (including phenoxy) is 3. The molecule has 2 aromatic rings. The standard InChI is InChI=1S/C18H19NO5/c1-22-12-10-16(23-2)18(17(11-12)24-3)15(21)8-9-19-13-6-4-5-7-14(13)20/h4-11,19-20H,1-3H3/b9-8-. The van der Waals surface area contributed by atoms with Crippen LogP contribution in [0, 0.1) is 0 Å². The number of carbonyl (C=O) groups is 1. The normalized spacial score (nSPS) is 10.5. The fourth-order valence-electron chi connectivity index (χ4n) is 2.13. The summed E-state index contributed by atoms with van der Waals surface area (Å²) in [4.78, 5) is 12.5. The molecular weight excluding hydrogens is 310 g/mol. The van der Waals surface area contributed by atoms with Gasteiger partial charge >= 0.3 is 0 Å². The molecule has 0 radical (unpaired) electrons. The summed E-state index contributed by atoms with van der Waals surface area (Å²) in [6.07, 6.45) is 2.78. The molecule has 0 bridgehead atoms. The van der Waals surface area contributed by atoms with Crippen molar-refractivity contribution in [3.05, 3.63) is 54.2 Å². The lowest BCUT2D eigenvalue weighted by molar-refractivity contribution is 0.104. The van der Waals surface area contributed by atoms with Crippen LogP contribution in [0.5, 0.6) is 23.0 Å². The van der Waals surface area contributed by atoms with Gasteiger partial charge in [-0.1, -0.05) is 12.1 Å². The first-order valence-electron chi connectivity index (χ1n) is 7.16. The van der Waals surface area contributed by atoms with E-state index in [-0.39, 0.29) is 17.1 Å². The molecule has 24 heavy (non-hydrogen) atoms. The number of methoxy groups -OCH3 is 3. The van der Waals surface area contributed by atoms with E-state index in [1.165, 1.54) is 33.6 Å². The summed E-state index contributed by atoms with van der Waals surface area (Å²) in [5.74, 6) is 1.01. The summed E-state index contributed by atoms with van der Waals surface area (Å²) < 4.78 is 15.7. The quantitative estimate of drug-likeness (QED) is 0.461. The average molecular weight is 329 g/mol. The van der Waals surface area contributed by atoms with Crippen molar-refractivity contribution >= 4 is 11.5 Å². The van der Waals surface area contributed by atoms with Crippen molar-refractivity contribution < 1.29 is 24.1 Å². The number of rotatable bonds is 7. The van der Waals surface area contributed by atoms with Gasteiger partial charge in [-0.05, 0) is 12.1 Å². The molecule has 0 aromatic heterocycles. The first-order chi connectivity index (χ1) is 11.6. The van der Waals surface area contributed by atoms with E-state index >= 15 is 0 Å². The highest BCUT2D eigenvalue weighted by molar-refractivity contribution is 6.09. The lowest BCUT2D eigenvalue weighted by atomic mass is 10.1. The van der Waals surface area contributed by atoms with E-state index in [1.54, 1.807) is 36.4 Å². The maximum Gasteiger partial charge on any atom is 0.194 e. The molecule has 2 N–H and O–H groups in total. The van der Waals surface area contributed by atoms with Crippen molar-refractivity contribution in [3.63, 3.8) is 0 Å². The molecule has 0 saturated heterocycles. The number of hydrogen-bond donors (Lipinski definition) is 2. The maximum absolute atomic E-state index is 12.5. The number of ketones is 1. The Morgan fingerprint density at radius 2 is 1.67 bits per heavy atom. The highest BCUT2D eigenvalue weighted by Crippen LogP contribution is 2.34. The zero-order chi connectivity index (χ0) is 17.5. The highest BCUT2D eigenvalue weighted by atomic mass is 16.5. The minimum absolute atomic E-state index is 0.0919. The van der Waals surface area contributed by atoms with Crippen LogP contribution >= 0.6 is 0 Å². The molecule has 0 aliphatic rings. The van der Waals surface area contributed by atoms with Crippen LogP contribution in [0.15, 0.2) is 48.7 Å². The van der Waals surface area contributed by atoms with Crippen LogP contribution in [0.2, 0.25) is 0 Å². The summed E-state index contributed by atoms with van der Waals surface area (Å²) in [5.41, 5.74) is 0.784. The minimum atomic E-state index is -0.311. The highest BCUT2D eigenvalue weighted by Gasteiger charge is 2.18. The van der Waals surface area contributed by atoms with Crippen LogP contribution in [0.4, 0.5) is 5.69 Å². The Morgan fingerprint density at radius 1 is 1.04 bits per heavy atom. The minimum Gasteiger partial charge on any atom is -0.506 e. The van der Waals surface area contributed by atoms with Crippen molar-refractivity contribution in [2.24, 2.45) is 0 Å². The van der Waals surface area contributed by atoms with Gasteiger partial charge < -0.3 is 24.6 Å². The molecule has 126 valence electrons. The number of phenolic OH excluding ortho intramolecular Hbond substituents is 1. The Labute approximate surface area is 140 Å². The number of phenols is 1. The zero-order valence-electron chi connectivity index (χ0n) is 13.7. The van der Waals surface area contributed by atoms with Gasteiger partial charge in [-0.2, -0.15) is 0 Å². The smallest absolute Gasteiger partial charge is 0.194 e. The van der Waals surface area contributed by atoms with Gasteiger partial charge in [0.25, 0.3) is 0 Å². The largest absolute Gasteiger partial charge is 0.506 e. The van der Waals surface area contributed by atoms with Crippen LogP contribution < -0.4 is 19.5 Å². The Kier molecular flexibility index (Phi) is 5.68. The zero-order valence-corrected chi connectivity index (χ0v) is 13.7. The first kappa shape index (κ1) is 17.2. The van der Waals surface area contributed by atoms with Crippen LogP contribution in [0.25, 0.3) is 0 Å². The van der Waals surface area contributed by atoms with Gasteiger partial charge in [0, 0.05) is 24.4 Å². The summed E-state index contributed by atoms with van der Waals surface area (Å²) in [6, 6.07) is 9.95. The molecule has 0 aliphatic carbocycles. The molecule has 0 spiro atoms. The van der Waals surface area contributed by atoms with Crippen molar-refractivity contribution in [1.29, 1.82) is 0 Å². The molecule has 0 amide bonds. The van der Waals surface area contributed by atoms with E-state index in [1.807, 2.05) is 0 Å². The Hall–Kier alpha value is -3.15. The second kappa shape index (κ2) is 7.92. The fourth-order valence-corrected chi connectivity index (χ4v) is 2.13. The number of benzene rings is 2. The lowest BCUT2D eigenvalue weighted by Crippen LogP contribution is -2.04. The number of nitrogens with one attached hydrogen (secondary N) is 1. The fraction of sp³-hybridized carbons (Fsp3) is 0.167. The van der Waals surface area contributed by atoms with Crippen molar-refractivity contribution in [1.82, 2.24) is 0 Å². The van der Waals surface area contributed by atoms with Gasteiger partial charge in [0.1, 0.15) is 28.6 Å². The number of para-hydroxylation sites is 2. The summed E-state index contributed by atoms with van der Waals surface area (Å²) in [7, 11) is 4.45. The number of anilines is 1. The second-order valence-electron chi connectivity index (χ2n) is 4.77. The van der Waals surface area contributed by atoms with Gasteiger partial charge in [0.15, 0.2) is 5.78 Å². The molecule has 0 unspecified atom stereocenters. The topological polar surface area (TPSA) is 77.0 Å². The lowest BCUT2D eigenvalue weighted by Gasteiger charge is -2.13. The molecule has 0 aliphatic heterocycles. The van der Waals surface area contributed by atoms with Crippen LogP contribution in [0.3, 0.4) is 0 Å². The number of allylic oxidation sites excluding steroid dienone is 1. The molecule has 0 atom stereocenters. The molecule has 0 heterocycles. The van der Waals surface area contributed by atoms with Crippen LogP contribution in [0.1, 0.15) is 10.4 Å². The van der Waals surface area contributed by atoms with Gasteiger partial charge in [-0.3, -0.25) is 4.79 Å². The van der Waals surface area contributed by atoms with E-state index in [9.17, 15) is 9.90 Å². The predicted molar refractivity (Wildman–Crippen MR) is 91.3 cm³/mol. The third-order valence-electron chi connectivity index (χ3n) is 3.34. The predicted octanol–water partition coefficient (Wildman–Crippen LogP) is 3.23. The molecule has 6 nitrogen and oxygen atoms in total. The van der Waals surface area contributed by atoms with Gasteiger partial charge in [0.2, 0.25) is 0 Å². The maximum atomic E-state index is 12.5. The van der Waals surface area contributed by atoms with E-state index < -0.39 is 0 Å². The first-order valence-corrected chi connectivity index (χ1v) is 7.16. The Morgan fingerprint density at radius 3 is 2.21 bits per heavy atom. The molecule has 0 saturated carbocycles. The van der Waals surface area contributed by atoms with Gasteiger partial charge in [-0.15, -0.1) is 0 Å². The molecular formula is C18H19NO5. The van der Waals surface area contributed by atoms with E-state index in [2.05, 4.69) is 5.32 Å². The van der Waals surface area contributed by atoms with E-state index in [0.717, 1.165) is 0 Å². The third-order valence-corrected chi connectivity index (χ3v) is 3.34. The average Bonchev–Trinajstić information content (AvgIpc) is 2.61. The second-order valence-corrected chi connectivity index (χ2v) is 4.77. The molecule has 0 fully saturated rings. The monoisotopic (exact) mass is 329 g/mol. The number of carbonyl (C=O) groups excluding carboxylic acids is 1. The Balaban J connectivity index is 2.26.